The second-order valence-electron chi connectivity index (χ2n) is 6.78. The van der Waals surface area contributed by atoms with Crippen molar-refractivity contribution in [1.82, 2.24) is 20.6 Å². The summed E-state index contributed by atoms with van der Waals surface area (Å²) in [6.07, 6.45) is 0.687. The molecule has 2 amide bonds. The maximum Gasteiger partial charge on any atom is 0.290 e. The number of carbonyl (C=O) groups is 2. The van der Waals surface area contributed by atoms with E-state index in [1.165, 1.54) is 4.68 Å². The van der Waals surface area contributed by atoms with Gasteiger partial charge in [-0.2, -0.15) is 5.10 Å². The van der Waals surface area contributed by atoms with Crippen molar-refractivity contribution in [1.29, 1.82) is 0 Å². The molecule has 3 aromatic rings. The average molecular weight is 408 g/mol. The Morgan fingerprint density at radius 3 is 2.43 bits per heavy atom. The van der Waals surface area contributed by atoms with Crippen molar-refractivity contribution in [2.75, 3.05) is 6.61 Å². The van der Waals surface area contributed by atoms with E-state index in [1.54, 1.807) is 31.2 Å². The van der Waals surface area contributed by atoms with Crippen LogP contribution in [0.5, 0.6) is 5.75 Å². The van der Waals surface area contributed by atoms with Crippen molar-refractivity contribution in [2.24, 2.45) is 0 Å². The summed E-state index contributed by atoms with van der Waals surface area (Å²) in [5.74, 6) is -0.181. The Labute approximate surface area is 173 Å². The van der Waals surface area contributed by atoms with E-state index in [-0.39, 0.29) is 23.6 Å². The third kappa shape index (κ3) is 5.02. The summed E-state index contributed by atoms with van der Waals surface area (Å²) in [7, 11) is 0. The molecule has 0 saturated heterocycles. The lowest BCUT2D eigenvalue weighted by Gasteiger charge is -2.11. The van der Waals surface area contributed by atoms with E-state index >= 15 is 0 Å². The number of aromatic nitrogens is 2. The molecule has 0 unspecified atom stereocenters. The number of hydrogen-bond donors (Lipinski definition) is 2. The fourth-order valence-corrected chi connectivity index (χ4v) is 2.92. The van der Waals surface area contributed by atoms with Gasteiger partial charge in [0.15, 0.2) is 5.69 Å². The molecule has 156 valence electrons. The largest absolute Gasteiger partial charge is 0.494 e. The lowest BCUT2D eigenvalue weighted by Crippen LogP contribution is -2.42. The van der Waals surface area contributed by atoms with Crippen molar-refractivity contribution in [3.05, 3.63) is 70.1 Å². The van der Waals surface area contributed by atoms with Crippen molar-refractivity contribution in [3.8, 4) is 5.75 Å². The number of nitrogens with zero attached hydrogens (tertiary/aromatic N) is 2. The van der Waals surface area contributed by atoms with Gasteiger partial charge < -0.3 is 4.74 Å². The molecule has 1 aromatic heterocycles. The van der Waals surface area contributed by atoms with Gasteiger partial charge in [0, 0.05) is 18.4 Å². The number of carbonyl (C=O) groups excluding carboxylic acids is 2. The number of hydrazine groups is 1. The summed E-state index contributed by atoms with van der Waals surface area (Å²) in [6, 6.07) is 14.4. The molecular weight excluding hydrogens is 384 g/mol. The van der Waals surface area contributed by atoms with Gasteiger partial charge in [-0.3, -0.25) is 25.2 Å². The highest BCUT2D eigenvalue weighted by Crippen LogP contribution is 2.13. The zero-order chi connectivity index (χ0) is 21.5. The minimum absolute atomic E-state index is 0.0788. The number of rotatable bonds is 7. The normalized spacial score (nSPS) is 10.6. The van der Waals surface area contributed by atoms with E-state index in [4.69, 9.17) is 4.74 Å². The van der Waals surface area contributed by atoms with Crippen LogP contribution in [0.2, 0.25) is 0 Å². The molecule has 2 N–H and O–H groups in total. The molecular formula is C22H24N4O4. The van der Waals surface area contributed by atoms with Crippen LogP contribution < -0.4 is 21.1 Å². The van der Waals surface area contributed by atoms with E-state index in [9.17, 15) is 14.4 Å². The average Bonchev–Trinajstić information content (AvgIpc) is 2.76. The van der Waals surface area contributed by atoms with Crippen molar-refractivity contribution in [3.63, 3.8) is 0 Å². The fourth-order valence-electron chi connectivity index (χ4n) is 2.92. The van der Waals surface area contributed by atoms with Gasteiger partial charge in [-0.05, 0) is 38.5 Å². The van der Waals surface area contributed by atoms with Crippen LogP contribution in [0, 0.1) is 6.92 Å². The first-order valence-corrected chi connectivity index (χ1v) is 9.78. The Balaban J connectivity index is 1.54. The highest BCUT2D eigenvalue weighted by molar-refractivity contribution is 6.05. The van der Waals surface area contributed by atoms with Crippen molar-refractivity contribution in [2.45, 2.75) is 33.2 Å². The number of aryl methyl sites for hydroxylation is 2. The Morgan fingerprint density at radius 1 is 1.03 bits per heavy atom. The summed E-state index contributed by atoms with van der Waals surface area (Å²) in [5, 5.41) is 4.97. The minimum atomic E-state index is -0.586. The SMILES string of the molecule is CCn1nc(C(=O)NNC(=O)CCCOc2ccc(C)cc2)c2ccccc2c1=O. The highest BCUT2D eigenvalue weighted by atomic mass is 16.5. The van der Waals surface area contributed by atoms with E-state index in [0.717, 1.165) is 11.3 Å². The van der Waals surface area contributed by atoms with Crippen molar-refractivity contribution < 1.29 is 14.3 Å². The molecule has 0 aliphatic heterocycles. The first-order chi connectivity index (χ1) is 14.5. The molecule has 0 saturated carbocycles. The van der Waals surface area contributed by atoms with Crippen LogP contribution >= 0.6 is 0 Å². The quantitative estimate of drug-likeness (QED) is 0.462. The number of ether oxygens (including phenoxy) is 1. The number of amides is 2. The Bertz CT molecular complexity index is 1110. The molecule has 0 fully saturated rings. The van der Waals surface area contributed by atoms with Gasteiger partial charge in [-0.1, -0.05) is 35.9 Å². The second-order valence-corrected chi connectivity index (χ2v) is 6.78. The molecule has 8 heteroatoms. The zero-order valence-corrected chi connectivity index (χ0v) is 17.0. The highest BCUT2D eigenvalue weighted by Gasteiger charge is 2.16. The van der Waals surface area contributed by atoms with Crippen LogP contribution in [0.15, 0.2) is 53.3 Å². The molecule has 0 bridgehead atoms. The van der Waals surface area contributed by atoms with E-state index in [1.807, 2.05) is 31.2 Å². The number of benzene rings is 2. The van der Waals surface area contributed by atoms with Crippen LogP contribution in [-0.2, 0) is 11.3 Å². The Morgan fingerprint density at radius 2 is 1.73 bits per heavy atom. The lowest BCUT2D eigenvalue weighted by molar-refractivity contribution is -0.122. The van der Waals surface area contributed by atoms with Gasteiger partial charge in [0.2, 0.25) is 5.91 Å². The summed E-state index contributed by atoms with van der Waals surface area (Å²) in [6.45, 7) is 4.48. The van der Waals surface area contributed by atoms with Gasteiger partial charge >= 0.3 is 0 Å². The van der Waals surface area contributed by atoms with Gasteiger partial charge in [-0.25, -0.2) is 4.68 Å². The van der Waals surface area contributed by atoms with Gasteiger partial charge in [0.25, 0.3) is 11.5 Å². The lowest BCUT2D eigenvalue weighted by atomic mass is 10.1. The molecule has 0 aliphatic rings. The molecule has 30 heavy (non-hydrogen) atoms. The molecule has 3 rings (SSSR count). The van der Waals surface area contributed by atoms with E-state index < -0.39 is 5.91 Å². The molecule has 2 aromatic carbocycles. The molecule has 1 heterocycles. The summed E-state index contributed by atoms with van der Waals surface area (Å²) >= 11 is 0. The molecule has 8 nitrogen and oxygen atoms in total. The monoisotopic (exact) mass is 408 g/mol. The zero-order valence-electron chi connectivity index (χ0n) is 17.0. The summed E-state index contributed by atoms with van der Waals surface area (Å²) < 4.78 is 6.81. The first kappa shape index (κ1) is 21.0. The van der Waals surface area contributed by atoms with E-state index in [2.05, 4.69) is 16.0 Å². The first-order valence-electron chi connectivity index (χ1n) is 9.78. The number of hydrogen-bond acceptors (Lipinski definition) is 5. The number of fused-ring (bicyclic) bond motifs is 1. The summed E-state index contributed by atoms with van der Waals surface area (Å²) in [5.41, 5.74) is 5.72. The Kier molecular flexibility index (Phi) is 6.79. The van der Waals surface area contributed by atoms with Gasteiger partial charge in [-0.15, -0.1) is 0 Å². The second kappa shape index (κ2) is 9.69. The standard InChI is InChI=1S/C22H24N4O4/c1-3-26-22(29)18-8-5-4-7-17(18)20(25-26)21(28)24-23-19(27)9-6-14-30-16-12-10-15(2)11-13-16/h4-5,7-8,10-13H,3,6,9,14H2,1-2H3,(H,23,27)(H,24,28). The smallest absolute Gasteiger partial charge is 0.290 e. The molecule has 0 radical (unpaired) electrons. The fraction of sp³-hybridized carbons (Fsp3) is 0.273. The van der Waals surface area contributed by atoms with Gasteiger partial charge in [0.1, 0.15) is 5.75 Å². The minimum Gasteiger partial charge on any atom is -0.494 e. The van der Waals surface area contributed by atoms with Crippen LogP contribution in [0.3, 0.4) is 0 Å². The maximum absolute atomic E-state index is 12.6. The molecule has 0 spiro atoms. The van der Waals surface area contributed by atoms with Crippen LogP contribution in [0.1, 0.15) is 35.8 Å². The molecule has 0 atom stereocenters. The third-order valence-corrected chi connectivity index (χ3v) is 4.54. The predicted molar refractivity (Wildman–Crippen MR) is 113 cm³/mol. The number of nitrogens with one attached hydrogen (secondary N) is 2. The molecule has 0 aliphatic carbocycles. The topological polar surface area (TPSA) is 102 Å². The van der Waals surface area contributed by atoms with Crippen LogP contribution in [-0.4, -0.2) is 28.2 Å². The third-order valence-electron chi connectivity index (χ3n) is 4.54. The predicted octanol–water partition coefficient (Wildman–Crippen LogP) is 2.35. The summed E-state index contributed by atoms with van der Waals surface area (Å²) in [4.78, 5) is 36.9. The maximum atomic E-state index is 12.6. The Hall–Kier alpha value is -3.68. The van der Waals surface area contributed by atoms with Crippen molar-refractivity contribution >= 4 is 22.6 Å². The van der Waals surface area contributed by atoms with Crippen LogP contribution in [0.4, 0.5) is 0 Å². The van der Waals surface area contributed by atoms with Crippen LogP contribution in [0.25, 0.3) is 10.8 Å². The van der Waals surface area contributed by atoms with Gasteiger partial charge in [0.05, 0.1) is 12.0 Å². The van der Waals surface area contributed by atoms with E-state index in [0.29, 0.717) is 30.3 Å².